The van der Waals surface area contributed by atoms with Crippen molar-refractivity contribution in [3.05, 3.63) is 23.8 Å². The van der Waals surface area contributed by atoms with Gasteiger partial charge in [-0.3, -0.25) is 0 Å². The van der Waals surface area contributed by atoms with Crippen LogP contribution < -0.4 is 10.6 Å². The molecule has 106 valence electrons. The Bertz CT molecular complexity index is 585. The fourth-order valence-electron chi connectivity index (χ4n) is 2.58. The molecule has 5 heteroatoms. The number of nitrogen functional groups attached to an aromatic ring is 1. The second-order valence-electron chi connectivity index (χ2n) is 5.39. The van der Waals surface area contributed by atoms with Gasteiger partial charge >= 0.3 is 0 Å². The first kappa shape index (κ1) is 13.0. The van der Waals surface area contributed by atoms with Crippen molar-refractivity contribution in [2.75, 3.05) is 23.7 Å². The molecular weight excluding hydrogens is 252 g/mol. The summed E-state index contributed by atoms with van der Waals surface area (Å²) in [5.74, 6) is 1.19. The molecule has 0 saturated carbocycles. The van der Waals surface area contributed by atoms with Crippen molar-refractivity contribution in [2.24, 2.45) is 0 Å². The van der Waals surface area contributed by atoms with Crippen LogP contribution in [0.3, 0.4) is 0 Å². The zero-order chi connectivity index (χ0) is 13.9. The van der Waals surface area contributed by atoms with Gasteiger partial charge in [0.15, 0.2) is 0 Å². The minimum Gasteiger partial charge on any atom is -0.398 e. The molecule has 0 aliphatic carbocycles. The van der Waals surface area contributed by atoms with E-state index in [0.29, 0.717) is 17.5 Å². The summed E-state index contributed by atoms with van der Waals surface area (Å²) < 4.78 is 5.40. The lowest BCUT2D eigenvalue weighted by atomic mass is 10.1. The van der Waals surface area contributed by atoms with E-state index in [0.717, 1.165) is 24.2 Å². The molecule has 0 unspecified atom stereocenters. The standard InChI is InChI=1S/C15H20N4O/c1-11-6-7-13(16)12(10-11)14-17-15(18-20-14)19-8-4-2-3-5-9-19/h6-7,10H,2-5,8-9,16H2,1H3. The van der Waals surface area contributed by atoms with Crippen molar-refractivity contribution >= 4 is 11.6 Å². The predicted octanol–water partition coefficient (Wildman–Crippen LogP) is 3.01. The number of nitrogens with zero attached hydrogens (tertiary/aromatic N) is 3. The highest BCUT2D eigenvalue weighted by atomic mass is 16.5. The van der Waals surface area contributed by atoms with Crippen molar-refractivity contribution in [1.29, 1.82) is 0 Å². The second kappa shape index (κ2) is 5.53. The van der Waals surface area contributed by atoms with Crippen LogP contribution in [0.25, 0.3) is 11.5 Å². The Morgan fingerprint density at radius 1 is 1.15 bits per heavy atom. The molecule has 1 aliphatic rings. The van der Waals surface area contributed by atoms with Crippen LogP contribution in [0, 0.1) is 6.92 Å². The summed E-state index contributed by atoms with van der Waals surface area (Å²) in [4.78, 5) is 6.72. The number of nitrogens with two attached hydrogens (primary N) is 1. The Morgan fingerprint density at radius 3 is 2.65 bits per heavy atom. The average molecular weight is 272 g/mol. The van der Waals surface area contributed by atoms with E-state index in [1.165, 1.54) is 25.7 Å². The molecule has 5 nitrogen and oxygen atoms in total. The van der Waals surface area contributed by atoms with Gasteiger partial charge in [0.25, 0.3) is 11.8 Å². The van der Waals surface area contributed by atoms with Crippen LogP contribution in [0.5, 0.6) is 0 Å². The number of aromatic nitrogens is 2. The van der Waals surface area contributed by atoms with Gasteiger partial charge in [0.1, 0.15) is 0 Å². The molecule has 1 saturated heterocycles. The Labute approximate surface area is 118 Å². The average Bonchev–Trinajstić information content (AvgIpc) is 2.77. The van der Waals surface area contributed by atoms with Crippen LogP contribution in [0.2, 0.25) is 0 Å². The van der Waals surface area contributed by atoms with Gasteiger partial charge in [0.05, 0.1) is 5.56 Å². The molecule has 1 aromatic carbocycles. The van der Waals surface area contributed by atoms with Gasteiger partial charge in [-0.05, 0) is 37.1 Å². The summed E-state index contributed by atoms with van der Waals surface area (Å²) in [6.45, 7) is 4.03. The fraction of sp³-hybridized carbons (Fsp3) is 0.467. The van der Waals surface area contributed by atoms with E-state index >= 15 is 0 Å². The first-order valence-electron chi connectivity index (χ1n) is 7.19. The molecule has 0 bridgehead atoms. The molecular formula is C15H20N4O. The highest BCUT2D eigenvalue weighted by molar-refractivity contribution is 5.71. The van der Waals surface area contributed by atoms with Crippen LogP contribution in [-0.2, 0) is 0 Å². The highest BCUT2D eigenvalue weighted by Gasteiger charge is 2.17. The Morgan fingerprint density at radius 2 is 1.90 bits per heavy atom. The van der Waals surface area contributed by atoms with E-state index in [1.54, 1.807) is 0 Å². The predicted molar refractivity (Wildman–Crippen MR) is 79.6 cm³/mol. The Balaban J connectivity index is 1.87. The van der Waals surface area contributed by atoms with Gasteiger partial charge in [-0.2, -0.15) is 4.98 Å². The summed E-state index contributed by atoms with van der Waals surface area (Å²) in [6, 6.07) is 5.83. The van der Waals surface area contributed by atoms with E-state index in [1.807, 2.05) is 25.1 Å². The number of rotatable bonds is 2. The van der Waals surface area contributed by atoms with Gasteiger partial charge in [0, 0.05) is 18.8 Å². The number of aryl methyl sites for hydroxylation is 1. The first-order valence-corrected chi connectivity index (χ1v) is 7.19. The van der Waals surface area contributed by atoms with E-state index < -0.39 is 0 Å². The van der Waals surface area contributed by atoms with Crippen molar-refractivity contribution < 1.29 is 4.52 Å². The van der Waals surface area contributed by atoms with Crippen LogP contribution in [0.1, 0.15) is 31.2 Å². The third kappa shape index (κ3) is 2.61. The van der Waals surface area contributed by atoms with Crippen molar-refractivity contribution in [2.45, 2.75) is 32.6 Å². The topological polar surface area (TPSA) is 68.2 Å². The minimum absolute atomic E-state index is 0.505. The van der Waals surface area contributed by atoms with E-state index in [4.69, 9.17) is 10.3 Å². The monoisotopic (exact) mass is 272 g/mol. The summed E-state index contributed by atoms with van der Waals surface area (Å²) in [5, 5.41) is 4.11. The minimum atomic E-state index is 0.505. The van der Waals surface area contributed by atoms with Gasteiger partial charge in [0.2, 0.25) is 0 Å². The summed E-state index contributed by atoms with van der Waals surface area (Å²) in [5.41, 5.74) is 8.61. The highest BCUT2D eigenvalue weighted by Crippen LogP contribution is 2.27. The summed E-state index contributed by atoms with van der Waals surface area (Å²) in [7, 11) is 0. The molecule has 2 heterocycles. The van der Waals surface area contributed by atoms with Gasteiger partial charge < -0.3 is 15.2 Å². The van der Waals surface area contributed by atoms with Gasteiger partial charge in [-0.1, -0.05) is 24.5 Å². The van der Waals surface area contributed by atoms with E-state index in [2.05, 4.69) is 15.0 Å². The third-order valence-electron chi connectivity index (χ3n) is 3.74. The molecule has 3 rings (SSSR count). The normalized spacial score (nSPS) is 16.1. The SMILES string of the molecule is Cc1ccc(N)c(-c2nc(N3CCCCCC3)no2)c1. The zero-order valence-electron chi connectivity index (χ0n) is 11.8. The first-order chi connectivity index (χ1) is 9.74. The van der Waals surface area contributed by atoms with Crippen LogP contribution in [0.15, 0.2) is 22.7 Å². The van der Waals surface area contributed by atoms with Crippen LogP contribution in [-0.4, -0.2) is 23.2 Å². The molecule has 0 atom stereocenters. The second-order valence-corrected chi connectivity index (χ2v) is 5.39. The fourth-order valence-corrected chi connectivity index (χ4v) is 2.58. The molecule has 2 N–H and O–H groups in total. The number of hydrogen-bond acceptors (Lipinski definition) is 5. The molecule has 1 aromatic heterocycles. The van der Waals surface area contributed by atoms with Crippen LogP contribution in [0.4, 0.5) is 11.6 Å². The lowest BCUT2D eigenvalue weighted by molar-refractivity contribution is 0.429. The summed E-state index contributed by atoms with van der Waals surface area (Å²) in [6.07, 6.45) is 4.95. The molecule has 0 spiro atoms. The van der Waals surface area contributed by atoms with Gasteiger partial charge in [-0.25, -0.2) is 0 Å². The largest absolute Gasteiger partial charge is 0.398 e. The quantitative estimate of drug-likeness (QED) is 0.851. The van der Waals surface area contributed by atoms with E-state index in [9.17, 15) is 0 Å². The third-order valence-corrected chi connectivity index (χ3v) is 3.74. The number of hydrogen-bond donors (Lipinski definition) is 1. The maximum Gasteiger partial charge on any atom is 0.266 e. The molecule has 1 aliphatic heterocycles. The maximum absolute atomic E-state index is 5.99. The molecule has 0 amide bonds. The van der Waals surface area contributed by atoms with Crippen molar-refractivity contribution in [3.63, 3.8) is 0 Å². The smallest absolute Gasteiger partial charge is 0.266 e. The Kier molecular flexibility index (Phi) is 3.58. The zero-order valence-corrected chi connectivity index (χ0v) is 11.8. The van der Waals surface area contributed by atoms with Crippen molar-refractivity contribution in [3.8, 4) is 11.5 Å². The summed E-state index contributed by atoms with van der Waals surface area (Å²) >= 11 is 0. The van der Waals surface area contributed by atoms with Crippen LogP contribution >= 0.6 is 0 Å². The van der Waals surface area contributed by atoms with Gasteiger partial charge in [-0.15, -0.1) is 0 Å². The molecule has 0 radical (unpaired) electrons. The van der Waals surface area contributed by atoms with Crippen molar-refractivity contribution in [1.82, 2.24) is 10.1 Å². The molecule has 1 fully saturated rings. The Hall–Kier alpha value is -2.04. The number of benzene rings is 1. The molecule has 2 aromatic rings. The maximum atomic E-state index is 5.99. The molecule has 20 heavy (non-hydrogen) atoms. The van der Waals surface area contributed by atoms with E-state index in [-0.39, 0.29) is 0 Å². The lowest BCUT2D eigenvalue weighted by Gasteiger charge is -2.16. The number of anilines is 2. The lowest BCUT2D eigenvalue weighted by Crippen LogP contribution is -2.24.